The Morgan fingerprint density at radius 3 is 2.58 bits per heavy atom. The minimum absolute atomic E-state index is 0.431. The standard InChI is InChI=1S/C10H13NS/c1-8-3-4-9(7-11-8)10(12-2)5-6-10/h3-4,7H,5-6H2,1-2H3. The van der Waals surface area contributed by atoms with Crippen LogP contribution < -0.4 is 0 Å². The van der Waals surface area contributed by atoms with Crippen molar-refractivity contribution in [3.05, 3.63) is 29.6 Å². The first kappa shape index (κ1) is 8.11. The highest BCUT2D eigenvalue weighted by Gasteiger charge is 2.43. The lowest BCUT2D eigenvalue weighted by Crippen LogP contribution is -2.00. The Labute approximate surface area is 77.6 Å². The van der Waals surface area contributed by atoms with Crippen LogP contribution in [0.3, 0.4) is 0 Å². The Balaban J connectivity index is 2.29. The number of thioether (sulfide) groups is 1. The highest BCUT2D eigenvalue weighted by atomic mass is 32.2. The zero-order chi connectivity index (χ0) is 8.60. The lowest BCUT2D eigenvalue weighted by Gasteiger charge is -2.11. The van der Waals surface area contributed by atoms with Gasteiger partial charge in [-0.1, -0.05) is 6.07 Å². The number of hydrogen-bond donors (Lipinski definition) is 0. The van der Waals surface area contributed by atoms with Crippen LogP contribution in [0.5, 0.6) is 0 Å². The van der Waals surface area contributed by atoms with Crippen LogP contribution in [0.15, 0.2) is 18.3 Å². The van der Waals surface area contributed by atoms with Crippen molar-refractivity contribution in [1.82, 2.24) is 4.98 Å². The van der Waals surface area contributed by atoms with E-state index >= 15 is 0 Å². The van der Waals surface area contributed by atoms with E-state index in [0.717, 1.165) is 5.69 Å². The average Bonchev–Trinajstić information content (AvgIpc) is 2.86. The summed E-state index contributed by atoms with van der Waals surface area (Å²) in [6.45, 7) is 2.03. The molecule has 1 fully saturated rings. The van der Waals surface area contributed by atoms with E-state index < -0.39 is 0 Å². The monoisotopic (exact) mass is 179 g/mol. The fourth-order valence-electron chi connectivity index (χ4n) is 1.46. The third-order valence-electron chi connectivity index (χ3n) is 2.53. The number of aryl methyl sites for hydroxylation is 1. The summed E-state index contributed by atoms with van der Waals surface area (Å²) in [5.41, 5.74) is 2.51. The predicted molar refractivity (Wildman–Crippen MR) is 53.4 cm³/mol. The molecule has 1 heterocycles. The minimum Gasteiger partial charge on any atom is -0.261 e. The largest absolute Gasteiger partial charge is 0.261 e. The minimum atomic E-state index is 0.431. The summed E-state index contributed by atoms with van der Waals surface area (Å²) in [5, 5.41) is 0. The van der Waals surface area contributed by atoms with Gasteiger partial charge >= 0.3 is 0 Å². The summed E-state index contributed by atoms with van der Waals surface area (Å²) in [6.07, 6.45) is 6.85. The van der Waals surface area contributed by atoms with E-state index in [1.54, 1.807) is 0 Å². The molecule has 12 heavy (non-hydrogen) atoms. The number of hydrogen-bond acceptors (Lipinski definition) is 2. The van der Waals surface area contributed by atoms with Gasteiger partial charge < -0.3 is 0 Å². The molecule has 2 rings (SSSR count). The quantitative estimate of drug-likeness (QED) is 0.692. The van der Waals surface area contributed by atoms with Gasteiger partial charge in [-0.15, -0.1) is 0 Å². The molecule has 0 saturated heterocycles. The lowest BCUT2D eigenvalue weighted by atomic mass is 10.2. The van der Waals surface area contributed by atoms with Crippen molar-refractivity contribution >= 4 is 11.8 Å². The summed E-state index contributed by atoms with van der Waals surface area (Å²) < 4.78 is 0.431. The topological polar surface area (TPSA) is 12.9 Å². The first-order chi connectivity index (χ1) is 5.77. The van der Waals surface area contributed by atoms with E-state index in [2.05, 4.69) is 23.4 Å². The Morgan fingerprint density at radius 2 is 2.17 bits per heavy atom. The number of nitrogens with zero attached hydrogens (tertiary/aromatic N) is 1. The van der Waals surface area contributed by atoms with Gasteiger partial charge in [0.25, 0.3) is 0 Å². The van der Waals surface area contributed by atoms with Gasteiger partial charge in [0, 0.05) is 16.6 Å². The number of pyridine rings is 1. The zero-order valence-electron chi connectivity index (χ0n) is 7.50. The predicted octanol–water partition coefficient (Wildman–Crippen LogP) is 2.74. The Hall–Kier alpha value is -0.500. The van der Waals surface area contributed by atoms with Crippen LogP contribution in [-0.2, 0) is 4.75 Å². The van der Waals surface area contributed by atoms with Crippen molar-refractivity contribution in [2.45, 2.75) is 24.5 Å². The Bertz CT molecular complexity index is 274. The van der Waals surface area contributed by atoms with E-state index in [0.29, 0.717) is 4.75 Å². The van der Waals surface area contributed by atoms with Gasteiger partial charge in [0.1, 0.15) is 0 Å². The molecule has 0 bridgehead atoms. The van der Waals surface area contributed by atoms with Gasteiger partial charge in [-0.2, -0.15) is 11.8 Å². The second-order valence-electron chi connectivity index (χ2n) is 3.39. The van der Waals surface area contributed by atoms with Crippen molar-refractivity contribution in [2.75, 3.05) is 6.26 Å². The van der Waals surface area contributed by atoms with Gasteiger partial charge in [-0.3, -0.25) is 4.98 Å². The van der Waals surface area contributed by atoms with E-state index in [4.69, 9.17) is 0 Å². The fraction of sp³-hybridized carbons (Fsp3) is 0.500. The van der Waals surface area contributed by atoms with E-state index in [1.807, 2.05) is 24.9 Å². The van der Waals surface area contributed by atoms with Crippen molar-refractivity contribution in [3.8, 4) is 0 Å². The zero-order valence-corrected chi connectivity index (χ0v) is 8.32. The van der Waals surface area contributed by atoms with Crippen LogP contribution in [-0.4, -0.2) is 11.2 Å². The molecule has 1 nitrogen and oxygen atoms in total. The first-order valence-corrected chi connectivity index (χ1v) is 5.48. The summed E-state index contributed by atoms with van der Waals surface area (Å²) in [5.74, 6) is 0. The van der Waals surface area contributed by atoms with Crippen molar-refractivity contribution in [2.24, 2.45) is 0 Å². The molecular formula is C10H13NS. The second-order valence-corrected chi connectivity index (χ2v) is 4.58. The second kappa shape index (κ2) is 2.77. The summed E-state index contributed by atoms with van der Waals surface area (Å²) in [4.78, 5) is 4.32. The van der Waals surface area contributed by atoms with Gasteiger partial charge in [-0.05, 0) is 37.7 Å². The Morgan fingerprint density at radius 1 is 1.42 bits per heavy atom. The van der Waals surface area contributed by atoms with Crippen LogP contribution in [0.4, 0.5) is 0 Å². The van der Waals surface area contributed by atoms with Gasteiger partial charge in [0.05, 0.1) is 0 Å². The molecule has 0 radical (unpaired) electrons. The smallest absolute Gasteiger partial charge is 0.0422 e. The summed E-state index contributed by atoms with van der Waals surface area (Å²) in [7, 11) is 0. The molecule has 1 aromatic heterocycles. The van der Waals surface area contributed by atoms with Crippen molar-refractivity contribution in [1.29, 1.82) is 0 Å². The molecule has 0 atom stereocenters. The summed E-state index contributed by atoms with van der Waals surface area (Å²) in [6, 6.07) is 4.32. The normalized spacial score (nSPS) is 19.2. The van der Waals surface area contributed by atoms with Crippen LogP contribution in [0, 0.1) is 6.92 Å². The van der Waals surface area contributed by atoms with Gasteiger partial charge in [0.2, 0.25) is 0 Å². The Kier molecular flexibility index (Phi) is 1.87. The third kappa shape index (κ3) is 1.24. The number of aromatic nitrogens is 1. The molecule has 0 aromatic carbocycles. The lowest BCUT2D eigenvalue weighted by molar-refractivity contribution is 1.00. The first-order valence-electron chi connectivity index (χ1n) is 4.25. The molecule has 1 aliphatic rings. The molecule has 1 saturated carbocycles. The average molecular weight is 179 g/mol. The fourth-order valence-corrected chi connectivity index (χ4v) is 2.33. The molecule has 0 unspecified atom stereocenters. The molecular weight excluding hydrogens is 166 g/mol. The molecule has 0 N–H and O–H groups in total. The maximum absolute atomic E-state index is 4.32. The highest BCUT2D eigenvalue weighted by Crippen LogP contribution is 2.55. The van der Waals surface area contributed by atoms with Gasteiger partial charge in [-0.25, -0.2) is 0 Å². The highest BCUT2D eigenvalue weighted by molar-refractivity contribution is 7.99. The molecule has 64 valence electrons. The molecule has 1 aliphatic carbocycles. The maximum atomic E-state index is 4.32. The molecule has 0 amide bonds. The number of rotatable bonds is 2. The third-order valence-corrected chi connectivity index (χ3v) is 3.96. The van der Waals surface area contributed by atoms with E-state index in [9.17, 15) is 0 Å². The molecule has 1 aromatic rings. The van der Waals surface area contributed by atoms with Crippen LogP contribution in [0.2, 0.25) is 0 Å². The van der Waals surface area contributed by atoms with Crippen molar-refractivity contribution < 1.29 is 0 Å². The van der Waals surface area contributed by atoms with Crippen LogP contribution >= 0.6 is 11.8 Å². The van der Waals surface area contributed by atoms with Crippen LogP contribution in [0.25, 0.3) is 0 Å². The van der Waals surface area contributed by atoms with E-state index in [-0.39, 0.29) is 0 Å². The van der Waals surface area contributed by atoms with Crippen molar-refractivity contribution in [3.63, 3.8) is 0 Å². The maximum Gasteiger partial charge on any atom is 0.0422 e. The molecule has 2 heteroatoms. The summed E-state index contributed by atoms with van der Waals surface area (Å²) >= 11 is 1.96. The van der Waals surface area contributed by atoms with E-state index in [1.165, 1.54) is 18.4 Å². The molecule has 0 aliphatic heterocycles. The van der Waals surface area contributed by atoms with Gasteiger partial charge in [0.15, 0.2) is 0 Å². The molecule has 0 spiro atoms. The van der Waals surface area contributed by atoms with Crippen LogP contribution in [0.1, 0.15) is 24.1 Å². The SMILES string of the molecule is CSC1(c2ccc(C)nc2)CC1.